The minimum absolute atomic E-state index is 0.0588. The molecule has 1 rings (SSSR count). The smallest absolute Gasteiger partial charge is 0.220 e. The number of carbonyl (C=O) groups excluding carboxylic acids is 1. The molecular formula is C12H16ClNO2S. The molecule has 0 bridgehead atoms. The van der Waals surface area contributed by atoms with E-state index in [-0.39, 0.29) is 5.91 Å². The first-order valence-corrected chi connectivity index (χ1v) is 6.72. The summed E-state index contributed by atoms with van der Waals surface area (Å²) >= 11 is 7.43. The molecule has 0 aliphatic heterocycles. The van der Waals surface area contributed by atoms with Crippen LogP contribution in [-0.4, -0.2) is 31.9 Å². The predicted octanol–water partition coefficient (Wildman–Crippen LogP) is 2.58. The van der Waals surface area contributed by atoms with Gasteiger partial charge in [-0.1, -0.05) is 11.6 Å². The topological polar surface area (TPSA) is 38.3 Å². The zero-order chi connectivity index (χ0) is 12.5. The number of hydrogen-bond acceptors (Lipinski definition) is 3. The molecule has 94 valence electrons. The summed E-state index contributed by atoms with van der Waals surface area (Å²) in [5.74, 6) is 0.823. The van der Waals surface area contributed by atoms with Gasteiger partial charge in [-0.05, 0) is 24.3 Å². The van der Waals surface area contributed by atoms with Gasteiger partial charge in [-0.25, -0.2) is 0 Å². The lowest BCUT2D eigenvalue weighted by Gasteiger charge is -2.04. The van der Waals surface area contributed by atoms with E-state index in [1.165, 1.54) is 0 Å². The summed E-state index contributed by atoms with van der Waals surface area (Å²) in [5, 5.41) is 3.51. The van der Waals surface area contributed by atoms with Crippen LogP contribution in [0.3, 0.4) is 0 Å². The highest BCUT2D eigenvalue weighted by Crippen LogP contribution is 2.20. The van der Waals surface area contributed by atoms with Crippen LogP contribution < -0.4 is 5.32 Å². The third-order valence-corrected chi connectivity index (χ3v) is 3.31. The Morgan fingerprint density at radius 1 is 1.41 bits per heavy atom. The van der Waals surface area contributed by atoms with Gasteiger partial charge in [-0.2, -0.15) is 0 Å². The number of amides is 1. The van der Waals surface area contributed by atoms with Gasteiger partial charge in [0.05, 0.1) is 6.61 Å². The van der Waals surface area contributed by atoms with E-state index in [4.69, 9.17) is 16.3 Å². The molecule has 3 nitrogen and oxygen atoms in total. The van der Waals surface area contributed by atoms with Crippen molar-refractivity contribution in [2.24, 2.45) is 0 Å². The fourth-order valence-corrected chi connectivity index (χ4v) is 2.15. The first-order chi connectivity index (χ1) is 8.22. The van der Waals surface area contributed by atoms with Gasteiger partial charge in [-0.15, -0.1) is 11.8 Å². The average molecular weight is 274 g/mol. The third kappa shape index (κ3) is 6.56. The van der Waals surface area contributed by atoms with Gasteiger partial charge in [0.15, 0.2) is 0 Å². The van der Waals surface area contributed by atoms with E-state index in [1.807, 2.05) is 24.3 Å². The molecule has 0 unspecified atom stereocenters. The maximum Gasteiger partial charge on any atom is 0.220 e. The summed E-state index contributed by atoms with van der Waals surface area (Å²) < 4.78 is 4.84. The summed E-state index contributed by atoms with van der Waals surface area (Å²) in [6.45, 7) is 1.12. The number of thioether (sulfide) groups is 1. The van der Waals surface area contributed by atoms with Crippen LogP contribution in [0.1, 0.15) is 6.42 Å². The lowest BCUT2D eigenvalue weighted by molar-refractivity contribution is -0.120. The zero-order valence-electron chi connectivity index (χ0n) is 9.74. The predicted molar refractivity (Wildman–Crippen MR) is 71.7 cm³/mol. The van der Waals surface area contributed by atoms with Crippen molar-refractivity contribution < 1.29 is 9.53 Å². The quantitative estimate of drug-likeness (QED) is 0.613. The zero-order valence-corrected chi connectivity index (χ0v) is 11.3. The van der Waals surface area contributed by atoms with E-state index in [0.717, 1.165) is 15.7 Å². The van der Waals surface area contributed by atoms with Gasteiger partial charge in [0, 0.05) is 35.7 Å². The Balaban J connectivity index is 2.14. The molecule has 1 aromatic carbocycles. The molecule has 0 radical (unpaired) electrons. The minimum atomic E-state index is 0.0588. The van der Waals surface area contributed by atoms with Crippen LogP contribution >= 0.6 is 23.4 Å². The Labute approximate surface area is 111 Å². The normalized spacial score (nSPS) is 10.2. The number of benzene rings is 1. The van der Waals surface area contributed by atoms with Crippen molar-refractivity contribution >= 4 is 29.3 Å². The highest BCUT2D eigenvalue weighted by Gasteiger charge is 2.01. The Bertz CT molecular complexity index is 343. The molecule has 0 fully saturated rings. The van der Waals surface area contributed by atoms with Crippen LogP contribution in [-0.2, 0) is 9.53 Å². The van der Waals surface area contributed by atoms with Crippen LogP contribution in [0.25, 0.3) is 0 Å². The van der Waals surface area contributed by atoms with Gasteiger partial charge in [0.2, 0.25) is 5.91 Å². The van der Waals surface area contributed by atoms with Crippen molar-refractivity contribution in [3.8, 4) is 0 Å². The lowest BCUT2D eigenvalue weighted by Crippen LogP contribution is -2.27. The molecule has 1 amide bonds. The largest absolute Gasteiger partial charge is 0.383 e. The van der Waals surface area contributed by atoms with Gasteiger partial charge in [0.1, 0.15) is 0 Å². The Kier molecular flexibility index (Phi) is 7.08. The number of halogens is 1. The van der Waals surface area contributed by atoms with Gasteiger partial charge >= 0.3 is 0 Å². The average Bonchev–Trinajstić information content (AvgIpc) is 2.32. The monoisotopic (exact) mass is 273 g/mol. The van der Waals surface area contributed by atoms with E-state index in [0.29, 0.717) is 19.6 Å². The lowest BCUT2D eigenvalue weighted by atomic mass is 10.4. The molecule has 0 heterocycles. The highest BCUT2D eigenvalue weighted by molar-refractivity contribution is 7.99. The summed E-state index contributed by atoms with van der Waals surface area (Å²) in [7, 11) is 1.61. The molecule has 0 aliphatic carbocycles. The summed E-state index contributed by atoms with van der Waals surface area (Å²) in [6.07, 6.45) is 0.511. The molecule has 0 atom stereocenters. The van der Waals surface area contributed by atoms with Crippen molar-refractivity contribution in [3.05, 3.63) is 29.3 Å². The molecule has 1 N–H and O–H groups in total. The van der Waals surface area contributed by atoms with E-state index in [9.17, 15) is 4.79 Å². The Hall–Kier alpha value is -0.710. The fraction of sp³-hybridized carbons (Fsp3) is 0.417. The van der Waals surface area contributed by atoms with Gasteiger partial charge < -0.3 is 10.1 Å². The second kappa shape index (κ2) is 8.39. The maximum atomic E-state index is 11.4. The first kappa shape index (κ1) is 14.4. The molecule has 0 spiro atoms. The number of carbonyl (C=O) groups is 1. The fourth-order valence-electron chi connectivity index (χ4n) is 1.17. The number of ether oxygens (including phenoxy) is 1. The molecule has 0 aromatic heterocycles. The Morgan fingerprint density at radius 2 is 2.12 bits per heavy atom. The van der Waals surface area contributed by atoms with Crippen molar-refractivity contribution in [1.82, 2.24) is 5.32 Å². The van der Waals surface area contributed by atoms with Crippen molar-refractivity contribution in [2.75, 3.05) is 26.0 Å². The van der Waals surface area contributed by atoms with E-state index in [2.05, 4.69) is 5.32 Å². The van der Waals surface area contributed by atoms with Gasteiger partial charge in [0.25, 0.3) is 0 Å². The maximum absolute atomic E-state index is 11.4. The third-order valence-electron chi connectivity index (χ3n) is 2.04. The van der Waals surface area contributed by atoms with Crippen LogP contribution in [0.15, 0.2) is 29.2 Å². The highest BCUT2D eigenvalue weighted by atomic mass is 35.5. The summed E-state index contributed by atoms with van der Waals surface area (Å²) in [5.41, 5.74) is 0. The van der Waals surface area contributed by atoms with Crippen LogP contribution in [0.2, 0.25) is 5.02 Å². The molecule has 5 heteroatoms. The van der Waals surface area contributed by atoms with Crippen LogP contribution in [0.4, 0.5) is 0 Å². The summed E-state index contributed by atoms with van der Waals surface area (Å²) in [4.78, 5) is 12.5. The molecule has 0 saturated heterocycles. The molecule has 17 heavy (non-hydrogen) atoms. The minimum Gasteiger partial charge on any atom is -0.383 e. The van der Waals surface area contributed by atoms with E-state index >= 15 is 0 Å². The van der Waals surface area contributed by atoms with Crippen molar-refractivity contribution in [2.45, 2.75) is 11.3 Å². The number of methoxy groups -OCH3 is 1. The molecule has 1 aromatic rings. The van der Waals surface area contributed by atoms with E-state index < -0.39 is 0 Å². The molecule has 0 saturated carbocycles. The second-order valence-corrected chi connectivity index (χ2v) is 5.00. The molecule has 0 aliphatic rings. The van der Waals surface area contributed by atoms with Crippen molar-refractivity contribution in [3.63, 3.8) is 0 Å². The standard InChI is InChI=1S/C12H16ClNO2S/c1-16-8-7-14-12(15)6-9-17-11-4-2-10(13)3-5-11/h2-5H,6-9H2,1H3,(H,14,15). The van der Waals surface area contributed by atoms with Crippen LogP contribution in [0, 0.1) is 0 Å². The van der Waals surface area contributed by atoms with Crippen LogP contribution in [0.5, 0.6) is 0 Å². The number of hydrogen-bond donors (Lipinski definition) is 1. The van der Waals surface area contributed by atoms with Gasteiger partial charge in [-0.3, -0.25) is 4.79 Å². The Morgan fingerprint density at radius 3 is 2.76 bits per heavy atom. The van der Waals surface area contributed by atoms with E-state index in [1.54, 1.807) is 18.9 Å². The number of nitrogens with one attached hydrogen (secondary N) is 1. The first-order valence-electron chi connectivity index (χ1n) is 5.36. The van der Waals surface area contributed by atoms with Crippen molar-refractivity contribution in [1.29, 1.82) is 0 Å². The second-order valence-electron chi connectivity index (χ2n) is 3.40. The number of rotatable bonds is 7. The SMILES string of the molecule is COCCNC(=O)CCSc1ccc(Cl)cc1. The molecular weight excluding hydrogens is 258 g/mol. The summed E-state index contributed by atoms with van der Waals surface area (Å²) in [6, 6.07) is 7.61.